The minimum Gasteiger partial charge on any atom is -0.481 e. The summed E-state index contributed by atoms with van der Waals surface area (Å²) in [6, 6.07) is 5.26. The van der Waals surface area contributed by atoms with Crippen molar-refractivity contribution < 1.29 is 23.1 Å². The van der Waals surface area contributed by atoms with Crippen LogP contribution in [0.1, 0.15) is 30.4 Å². The Morgan fingerprint density at radius 2 is 2.13 bits per heavy atom. The highest BCUT2D eigenvalue weighted by Gasteiger charge is 2.30. The Hall–Kier alpha value is -1.44. The molecule has 128 valence electrons. The number of aryl methyl sites for hydroxylation is 2. The molecule has 0 aromatic heterocycles. The lowest BCUT2D eigenvalue weighted by Gasteiger charge is -2.25. The first-order valence-corrected chi connectivity index (χ1v) is 9.15. The fourth-order valence-electron chi connectivity index (χ4n) is 2.67. The molecule has 1 aliphatic rings. The van der Waals surface area contributed by atoms with Crippen LogP contribution in [0.15, 0.2) is 23.1 Å². The molecule has 1 saturated heterocycles. The van der Waals surface area contributed by atoms with Crippen molar-refractivity contribution in [2.75, 3.05) is 19.7 Å². The van der Waals surface area contributed by atoms with E-state index in [0.29, 0.717) is 12.2 Å². The Labute approximate surface area is 137 Å². The fraction of sp³-hybridized carbons (Fsp3) is 0.562. The van der Waals surface area contributed by atoms with E-state index >= 15 is 0 Å². The van der Waals surface area contributed by atoms with Gasteiger partial charge in [0.15, 0.2) is 0 Å². The van der Waals surface area contributed by atoms with Gasteiger partial charge in [0.1, 0.15) is 0 Å². The molecule has 23 heavy (non-hydrogen) atoms. The molecule has 1 fully saturated rings. The molecular weight excluding hydrogens is 318 g/mol. The van der Waals surface area contributed by atoms with Crippen LogP contribution in [0.2, 0.25) is 0 Å². The lowest BCUT2D eigenvalue weighted by atomic mass is 10.2. The van der Waals surface area contributed by atoms with E-state index in [1.54, 1.807) is 19.1 Å². The number of hydrogen-bond acceptors (Lipinski definition) is 4. The highest BCUT2D eigenvalue weighted by atomic mass is 32.2. The zero-order valence-electron chi connectivity index (χ0n) is 13.5. The third-order valence-electron chi connectivity index (χ3n) is 3.97. The SMILES string of the molecule is Cc1ccc(C)c(S(=O)(=O)N(CCC(=O)O)CC2CCCO2)c1. The summed E-state index contributed by atoms with van der Waals surface area (Å²) in [7, 11) is -3.75. The van der Waals surface area contributed by atoms with Crippen molar-refractivity contribution in [1.82, 2.24) is 4.31 Å². The summed E-state index contributed by atoms with van der Waals surface area (Å²) in [5, 5.41) is 8.91. The fourth-order valence-corrected chi connectivity index (χ4v) is 4.45. The second kappa shape index (κ2) is 7.42. The lowest BCUT2D eigenvalue weighted by molar-refractivity contribution is -0.137. The van der Waals surface area contributed by atoms with Crippen molar-refractivity contribution in [2.45, 2.75) is 44.1 Å². The molecule has 0 bridgehead atoms. The molecular formula is C16H23NO5S. The molecule has 0 saturated carbocycles. The minimum atomic E-state index is -3.75. The van der Waals surface area contributed by atoms with Gasteiger partial charge in [-0.2, -0.15) is 4.31 Å². The van der Waals surface area contributed by atoms with Gasteiger partial charge in [0.2, 0.25) is 10.0 Å². The molecule has 1 unspecified atom stereocenters. The van der Waals surface area contributed by atoms with Crippen LogP contribution >= 0.6 is 0 Å². The van der Waals surface area contributed by atoms with E-state index in [0.717, 1.165) is 18.4 Å². The predicted molar refractivity (Wildman–Crippen MR) is 85.9 cm³/mol. The summed E-state index contributed by atoms with van der Waals surface area (Å²) in [5.41, 5.74) is 1.51. The van der Waals surface area contributed by atoms with Gasteiger partial charge in [-0.25, -0.2) is 8.42 Å². The minimum absolute atomic E-state index is 0.0507. The number of sulfonamides is 1. The van der Waals surface area contributed by atoms with E-state index in [1.807, 2.05) is 13.0 Å². The number of carboxylic acids is 1. The molecule has 1 N–H and O–H groups in total. The third-order valence-corrected chi connectivity index (χ3v) is 5.97. The van der Waals surface area contributed by atoms with Gasteiger partial charge < -0.3 is 9.84 Å². The number of nitrogens with zero attached hydrogens (tertiary/aromatic N) is 1. The summed E-state index contributed by atoms with van der Waals surface area (Å²) in [4.78, 5) is 11.1. The van der Waals surface area contributed by atoms with Crippen LogP contribution in [0.4, 0.5) is 0 Å². The van der Waals surface area contributed by atoms with Gasteiger partial charge in [0, 0.05) is 19.7 Å². The second-order valence-electron chi connectivity index (χ2n) is 5.91. The quantitative estimate of drug-likeness (QED) is 0.819. The summed E-state index contributed by atoms with van der Waals surface area (Å²) in [5.74, 6) is -1.02. The average Bonchev–Trinajstić information content (AvgIpc) is 2.98. The molecule has 0 radical (unpaired) electrons. The largest absolute Gasteiger partial charge is 0.481 e. The smallest absolute Gasteiger partial charge is 0.304 e. The Kier molecular flexibility index (Phi) is 5.78. The Morgan fingerprint density at radius 1 is 1.39 bits per heavy atom. The summed E-state index contributed by atoms with van der Waals surface area (Å²) >= 11 is 0. The van der Waals surface area contributed by atoms with Gasteiger partial charge in [-0.15, -0.1) is 0 Å². The molecule has 0 spiro atoms. The van der Waals surface area contributed by atoms with Crippen molar-refractivity contribution >= 4 is 16.0 Å². The van der Waals surface area contributed by atoms with Crippen LogP contribution < -0.4 is 0 Å². The van der Waals surface area contributed by atoms with Gasteiger partial charge in [0.05, 0.1) is 17.4 Å². The maximum absolute atomic E-state index is 13.0. The molecule has 1 heterocycles. The molecule has 6 nitrogen and oxygen atoms in total. The summed E-state index contributed by atoms with van der Waals surface area (Å²) in [6.45, 7) is 4.35. The number of aliphatic carboxylic acids is 1. The van der Waals surface area contributed by atoms with Crippen molar-refractivity contribution in [2.24, 2.45) is 0 Å². The van der Waals surface area contributed by atoms with Gasteiger partial charge in [0.25, 0.3) is 0 Å². The number of carboxylic acid groups (broad SMARTS) is 1. The first kappa shape index (κ1) is 17.9. The third kappa shape index (κ3) is 4.53. The topological polar surface area (TPSA) is 83.9 Å². The number of hydrogen-bond donors (Lipinski definition) is 1. The number of ether oxygens (including phenoxy) is 1. The number of carbonyl (C=O) groups is 1. The van der Waals surface area contributed by atoms with Crippen LogP contribution in [0.25, 0.3) is 0 Å². The Morgan fingerprint density at radius 3 is 2.74 bits per heavy atom. The molecule has 1 aromatic rings. The van der Waals surface area contributed by atoms with Crippen LogP contribution in [0.3, 0.4) is 0 Å². The van der Waals surface area contributed by atoms with Crippen LogP contribution in [-0.2, 0) is 19.6 Å². The van der Waals surface area contributed by atoms with E-state index < -0.39 is 16.0 Å². The van der Waals surface area contributed by atoms with E-state index in [9.17, 15) is 13.2 Å². The average molecular weight is 341 g/mol. The highest BCUT2D eigenvalue weighted by Crippen LogP contribution is 2.23. The van der Waals surface area contributed by atoms with Gasteiger partial charge >= 0.3 is 5.97 Å². The summed E-state index contributed by atoms with van der Waals surface area (Å²) in [6.07, 6.45) is 1.31. The van der Waals surface area contributed by atoms with E-state index in [1.165, 1.54) is 4.31 Å². The molecule has 1 atom stereocenters. The van der Waals surface area contributed by atoms with E-state index in [2.05, 4.69) is 0 Å². The van der Waals surface area contributed by atoms with Crippen molar-refractivity contribution in [3.8, 4) is 0 Å². The van der Waals surface area contributed by atoms with Crippen molar-refractivity contribution in [3.63, 3.8) is 0 Å². The van der Waals surface area contributed by atoms with Crippen molar-refractivity contribution in [1.29, 1.82) is 0 Å². The first-order valence-electron chi connectivity index (χ1n) is 7.71. The van der Waals surface area contributed by atoms with Gasteiger partial charge in [-0.1, -0.05) is 12.1 Å². The standard InChI is InChI=1S/C16H23NO5S/c1-12-5-6-13(2)15(10-12)23(20,21)17(8-7-16(18)19)11-14-4-3-9-22-14/h5-6,10,14H,3-4,7-9,11H2,1-2H3,(H,18,19). The lowest BCUT2D eigenvalue weighted by Crippen LogP contribution is -2.39. The Balaban J connectivity index is 2.30. The zero-order chi connectivity index (χ0) is 17.0. The summed E-state index contributed by atoms with van der Waals surface area (Å²) < 4.78 is 32.7. The van der Waals surface area contributed by atoms with Gasteiger partial charge in [-0.05, 0) is 43.9 Å². The molecule has 1 aromatic carbocycles. The molecule has 2 rings (SSSR count). The monoisotopic (exact) mass is 341 g/mol. The molecule has 0 amide bonds. The molecule has 0 aliphatic carbocycles. The zero-order valence-corrected chi connectivity index (χ0v) is 14.3. The normalized spacial score (nSPS) is 18.5. The van der Waals surface area contributed by atoms with Gasteiger partial charge in [-0.3, -0.25) is 4.79 Å². The first-order chi connectivity index (χ1) is 10.8. The predicted octanol–water partition coefficient (Wildman–Crippen LogP) is 1.95. The maximum Gasteiger partial charge on any atom is 0.304 e. The van der Waals surface area contributed by atoms with Crippen LogP contribution in [0, 0.1) is 13.8 Å². The number of benzene rings is 1. The van der Waals surface area contributed by atoms with Crippen LogP contribution in [0.5, 0.6) is 0 Å². The molecule has 1 aliphatic heterocycles. The number of rotatable bonds is 7. The van der Waals surface area contributed by atoms with E-state index in [4.69, 9.17) is 9.84 Å². The maximum atomic E-state index is 13.0. The van der Waals surface area contributed by atoms with Crippen LogP contribution in [-0.4, -0.2) is 49.6 Å². The second-order valence-corrected chi connectivity index (χ2v) is 7.82. The Bertz CT molecular complexity index is 665. The van der Waals surface area contributed by atoms with Crippen molar-refractivity contribution in [3.05, 3.63) is 29.3 Å². The van der Waals surface area contributed by atoms with E-state index in [-0.39, 0.29) is 30.5 Å². The molecule has 7 heteroatoms. The highest BCUT2D eigenvalue weighted by molar-refractivity contribution is 7.89.